The van der Waals surface area contributed by atoms with Crippen molar-refractivity contribution in [2.75, 3.05) is 18.4 Å². The zero-order valence-electron chi connectivity index (χ0n) is 14.9. The fourth-order valence-corrected chi connectivity index (χ4v) is 1.79. The minimum atomic E-state index is -0.0195. The van der Waals surface area contributed by atoms with E-state index in [0.717, 1.165) is 30.3 Å². The molecule has 3 N–H and O–H groups in total. The van der Waals surface area contributed by atoms with Crippen LogP contribution in [0, 0.1) is 11.8 Å². The number of anilines is 1. The number of nitrogens with one attached hydrogen (secondary N) is 3. The molecular formula is C18H30N4O. The van der Waals surface area contributed by atoms with Crippen LogP contribution in [0.25, 0.3) is 0 Å². The minimum absolute atomic E-state index is 0.0195. The van der Waals surface area contributed by atoms with Gasteiger partial charge in [0.15, 0.2) is 5.96 Å². The summed E-state index contributed by atoms with van der Waals surface area (Å²) < 4.78 is 0. The highest BCUT2D eigenvalue weighted by molar-refractivity contribution is 5.92. The van der Waals surface area contributed by atoms with E-state index in [-0.39, 0.29) is 11.8 Å². The lowest BCUT2D eigenvalue weighted by molar-refractivity contribution is -0.118. The maximum absolute atomic E-state index is 11.7. The van der Waals surface area contributed by atoms with Gasteiger partial charge in [0.1, 0.15) is 0 Å². The molecule has 1 aromatic rings. The topological polar surface area (TPSA) is 65.5 Å². The van der Waals surface area contributed by atoms with Gasteiger partial charge in [-0.1, -0.05) is 39.8 Å². The summed E-state index contributed by atoms with van der Waals surface area (Å²) in [6, 6.07) is 7.82. The molecule has 23 heavy (non-hydrogen) atoms. The molecule has 0 heterocycles. The van der Waals surface area contributed by atoms with Crippen LogP contribution in [-0.2, 0) is 11.3 Å². The molecule has 128 valence electrons. The Morgan fingerprint density at radius 1 is 1.09 bits per heavy atom. The first-order valence-electron chi connectivity index (χ1n) is 8.34. The number of benzene rings is 1. The number of guanidine groups is 1. The molecule has 0 saturated carbocycles. The van der Waals surface area contributed by atoms with E-state index in [1.54, 1.807) is 0 Å². The van der Waals surface area contributed by atoms with Crippen molar-refractivity contribution in [3.63, 3.8) is 0 Å². The number of carbonyl (C=O) groups excluding carboxylic acids is 1. The summed E-state index contributed by atoms with van der Waals surface area (Å²) in [5, 5.41) is 9.45. The maximum Gasteiger partial charge on any atom is 0.226 e. The van der Waals surface area contributed by atoms with Crippen molar-refractivity contribution in [2.24, 2.45) is 16.8 Å². The average Bonchev–Trinajstić information content (AvgIpc) is 2.51. The van der Waals surface area contributed by atoms with Crippen molar-refractivity contribution in [2.45, 2.75) is 41.2 Å². The van der Waals surface area contributed by atoms with Gasteiger partial charge in [0.05, 0.1) is 6.54 Å². The minimum Gasteiger partial charge on any atom is -0.357 e. The highest BCUT2D eigenvalue weighted by atomic mass is 16.1. The number of aliphatic imine (C=N–C) groups is 1. The van der Waals surface area contributed by atoms with Gasteiger partial charge < -0.3 is 16.0 Å². The Hall–Kier alpha value is -2.04. The van der Waals surface area contributed by atoms with Crippen LogP contribution in [0.1, 0.15) is 40.2 Å². The van der Waals surface area contributed by atoms with E-state index in [0.29, 0.717) is 12.5 Å². The molecule has 0 aromatic heterocycles. The summed E-state index contributed by atoms with van der Waals surface area (Å²) in [5.74, 6) is 1.41. The summed E-state index contributed by atoms with van der Waals surface area (Å²) >= 11 is 0. The molecule has 0 bridgehead atoms. The van der Waals surface area contributed by atoms with Gasteiger partial charge in [-0.15, -0.1) is 0 Å². The highest BCUT2D eigenvalue weighted by Gasteiger charge is 2.06. The molecule has 0 unspecified atom stereocenters. The quantitative estimate of drug-likeness (QED) is 0.535. The molecule has 0 aliphatic rings. The van der Waals surface area contributed by atoms with Gasteiger partial charge in [-0.25, -0.2) is 4.99 Å². The van der Waals surface area contributed by atoms with E-state index in [1.165, 1.54) is 0 Å². The average molecular weight is 318 g/mol. The first-order valence-corrected chi connectivity index (χ1v) is 8.34. The standard InChI is InChI=1S/C18H30N4O/c1-6-19-18(20-11-13(2)3)21-12-15-7-9-16(10-8-15)22-17(23)14(4)5/h7-10,13-14H,6,11-12H2,1-5H3,(H,22,23)(H2,19,20,21). The van der Waals surface area contributed by atoms with Gasteiger partial charge in [0, 0.05) is 24.7 Å². The first-order chi connectivity index (χ1) is 10.9. The number of carbonyl (C=O) groups is 1. The van der Waals surface area contributed by atoms with Crippen molar-refractivity contribution < 1.29 is 4.79 Å². The zero-order chi connectivity index (χ0) is 17.2. The molecule has 0 aliphatic heterocycles. The zero-order valence-corrected chi connectivity index (χ0v) is 14.9. The Bertz CT molecular complexity index is 506. The van der Waals surface area contributed by atoms with Crippen molar-refractivity contribution in [3.8, 4) is 0 Å². The SMILES string of the molecule is CCNC(=NCc1ccc(NC(=O)C(C)C)cc1)NCC(C)C. The molecule has 0 atom stereocenters. The largest absolute Gasteiger partial charge is 0.357 e. The molecule has 0 saturated heterocycles. The van der Waals surface area contributed by atoms with Crippen LogP contribution in [-0.4, -0.2) is 25.0 Å². The molecular weight excluding hydrogens is 288 g/mol. The normalized spacial score (nSPS) is 11.7. The van der Waals surface area contributed by atoms with Crippen LogP contribution in [0.15, 0.2) is 29.3 Å². The van der Waals surface area contributed by atoms with Crippen LogP contribution in [0.4, 0.5) is 5.69 Å². The molecule has 0 radical (unpaired) electrons. The Kier molecular flexibility index (Phi) is 8.16. The molecule has 0 spiro atoms. The second-order valence-corrected chi connectivity index (χ2v) is 6.31. The van der Waals surface area contributed by atoms with Gasteiger partial charge >= 0.3 is 0 Å². The number of hydrogen-bond donors (Lipinski definition) is 3. The van der Waals surface area contributed by atoms with Crippen LogP contribution >= 0.6 is 0 Å². The summed E-state index contributed by atoms with van der Waals surface area (Å²) in [6.45, 7) is 12.5. The molecule has 5 nitrogen and oxygen atoms in total. The maximum atomic E-state index is 11.7. The van der Waals surface area contributed by atoms with Gasteiger partial charge in [-0.3, -0.25) is 4.79 Å². The van der Waals surface area contributed by atoms with E-state index in [2.05, 4.69) is 41.7 Å². The number of rotatable bonds is 7. The van der Waals surface area contributed by atoms with E-state index < -0.39 is 0 Å². The number of hydrogen-bond acceptors (Lipinski definition) is 2. The predicted octanol–water partition coefficient (Wildman–Crippen LogP) is 2.99. The third-order valence-corrected chi connectivity index (χ3v) is 3.19. The van der Waals surface area contributed by atoms with E-state index in [4.69, 9.17) is 0 Å². The number of nitrogens with zero attached hydrogens (tertiary/aromatic N) is 1. The lowest BCUT2D eigenvalue weighted by Gasteiger charge is -2.13. The van der Waals surface area contributed by atoms with Crippen LogP contribution < -0.4 is 16.0 Å². The Morgan fingerprint density at radius 3 is 2.26 bits per heavy atom. The molecule has 1 rings (SSSR count). The third kappa shape index (κ3) is 7.68. The monoisotopic (exact) mass is 318 g/mol. The lowest BCUT2D eigenvalue weighted by atomic mass is 10.2. The Labute approximate surface area is 140 Å². The van der Waals surface area contributed by atoms with Gasteiger partial charge in [0.2, 0.25) is 5.91 Å². The smallest absolute Gasteiger partial charge is 0.226 e. The van der Waals surface area contributed by atoms with Gasteiger partial charge in [0.25, 0.3) is 0 Å². The predicted molar refractivity (Wildman–Crippen MR) is 97.6 cm³/mol. The second-order valence-electron chi connectivity index (χ2n) is 6.31. The lowest BCUT2D eigenvalue weighted by Crippen LogP contribution is -2.39. The fraction of sp³-hybridized carbons (Fsp3) is 0.556. The van der Waals surface area contributed by atoms with Crippen molar-refractivity contribution in [3.05, 3.63) is 29.8 Å². The molecule has 5 heteroatoms. The van der Waals surface area contributed by atoms with Crippen molar-refractivity contribution in [1.29, 1.82) is 0 Å². The fourth-order valence-electron chi connectivity index (χ4n) is 1.79. The van der Waals surface area contributed by atoms with Crippen LogP contribution in [0.3, 0.4) is 0 Å². The first kappa shape index (κ1) is 19.0. The molecule has 0 aliphatic carbocycles. The Balaban J connectivity index is 2.61. The van der Waals surface area contributed by atoms with Crippen molar-refractivity contribution >= 4 is 17.6 Å². The summed E-state index contributed by atoms with van der Waals surface area (Å²) in [7, 11) is 0. The van der Waals surface area contributed by atoms with Gasteiger partial charge in [-0.2, -0.15) is 0 Å². The van der Waals surface area contributed by atoms with Crippen molar-refractivity contribution in [1.82, 2.24) is 10.6 Å². The summed E-state index contributed by atoms with van der Waals surface area (Å²) in [5.41, 5.74) is 1.93. The molecule has 0 fully saturated rings. The van der Waals surface area contributed by atoms with Crippen LogP contribution in [0.5, 0.6) is 0 Å². The second kappa shape index (κ2) is 9.87. The summed E-state index contributed by atoms with van der Waals surface area (Å²) in [6.07, 6.45) is 0. The molecule has 1 aromatic carbocycles. The highest BCUT2D eigenvalue weighted by Crippen LogP contribution is 2.11. The third-order valence-electron chi connectivity index (χ3n) is 3.19. The van der Waals surface area contributed by atoms with E-state index >= 15 is 0 Å². The number of amides is 1. The van der Waals surface area contributed by atoms with Crippen LogP contribution in [0.2, 0.25) is 0 Å². The van der Waals surface area contributed by atoms with Gasteiger partial charge in [-0.05, 0) is 30.5 Å². The summed E-state index contributed by atoms with van der Waals surface area (Å²) in [4.78, 5) is 16.2. The Morgan fingerprint density at radius 2 is 1.74 bits per heavy atom. The van der Waals surface area contributed by atoms with E-state index in [9.17, 15) is 4.79 Å². The molecule has 1 amide bonds. The van der Waals surface area contributed by atoms with E-state index in [1.807, 2.05) is 38.1 Å².